The van der Waals surface area contributed by atoms with Crippen molar-refractivity contribution in [2.24, 2.45) is 28.0 Å². The van der Waals surface area contributed by atoms with Crippen molar-refractivity contribution in [3.63, 3.8) is 0 Å². The predicted molar refractivity (Wildman–Crippen MR) is 227 cm³/mol. The topological polar surface area (TPSA) is 130 Å². The first-order valence-corrected chi connectivity index (χ1v) is 22.0. The molecule has 2 aromatic carbocycles. The molecule has 5 N–H and O–H groups in total. The Balaban J connectivity index is 1.13. The maximum absolute atomic E-state index is 13.8. The lowest BCUT2D eigenvalue weighted by molar-refractivity contribution is -0.126. The van der Waals surface area contributed by atoms with Gasteiger partial charge in [-0.1, -0.05) is 101 Å². The molecule has 9 heteroatoms. The maximum atomic E-state index is 13.8. The van der Waals surface area contributed by atoms with Crippen molar-refractivity contribution in [3.05, 3.63) is 81.2 Å². The average Bonchev–Trinajstić information content (AvgIpc) is 3.97. The number of rotatable bonds is 13. The zero-order chi connectivity index (χ0) is 40.2. The summed E-state index contributed by atoms with van der Waals surface area (Å²) in [7, 11) is 0. The van der Waals surface area contributed by atoms with E-state index in [2.05, 4.69) is 54.1 Å². The van der Waals surface area contributed by atoms with Crippen LogP contribution in [-0.4, -0.2) is 52.5 Å². The summed E-state index contributed by atoms with van der Waals surface area (Å²) in [5.74, 6) is 11.0. The van der Waals surface area contributed by atoms with Crippen molar-refractivity contribution in [3.8, 4) is 35.4 Å². The molecule has 5 aliphatic heterocycles. The van der Waals surface area contributed by atoms with E-state index in [1.807, 2.05) is 36.5 Å². The number of benzene rings is 2. The van der Waals surface area contributed by atoms with Crippen LogP contribution in [0.15, 0.2) is 58.4 Å². The Morgan fingerprint density at radius 3 is 2.64 bits per heavy atom. The van der Waals surface area contributed by atoms with Gasteiger partial charge in [-0.15, -0.1) is 0 Å². The summed E-state index contributed by atoms with van der Waals surface area (Å²) in [6.07, 6.45) is 18.4. The number of nitrogens with zero attached hydrogens (tertiary/aromatic N) is 2. The third-order valence-electron chi connectivity index (χ3n) is 13.5. The van der Waals surface area contributed by atoms with Gasteiger partial charge >= 0.3 is 0 Å². The van der Waals surface area contributed by atoms with Crippen molar-refractivity contribution in [1.29, 1.82) is 0 Å². The number of hydrogen-bond donors (Lipinski definition) is 4. The third kappa shape index (κ3) is 8.25. The van der Waals surface area contributed by atoms with Crippen molar-refractivity contribution in [2.45, 2.75) is 141 Å². The molecule has 9 nitrogen and oxygen atoms in total. The standard InChI is InChI=1S/C49H60N4O5/c1-3-5-7-11-37(42(54)12-8-6-4-2)44(56)18-13-32-14-20-45-46(27-32)58-48-40(49(24-26-57-45)22-9-10-23-49)17-19-43(55)35-15-16-36-34(21-25-51-47(36)50)38(35)28-33-29-52-41-31-53(48)30-39(33)41/h14-16,20,27,29,31,37,40,42-43,47-48,51,54-55H,3-13,18,21-23,25,28,30,50H2,1-2H3/t37-,40-,42-,43+,47-,48-/m1/s1. The van der Waals surface area contributed by atoms with Crippen molar-refractivity contribution in [2.75, 3.05) is 13.1 Å². The second kappa shape index (κ2) is 17.9. The Kier molecular flexibility index (Phi) is 12.4. The smallest absolute Gasteiger partial charge is 0.187 e. The van der Waals surface area contributed by atoms with Crippen LogP contribution in [0.25, 0.3) is 0 Å². The van der Waals surface area contributed by atoms with Crippen molar-refractivity contribution < 1.29 is 24.5 Å². The van der Waals surface area contributed by atoms with E-state index in [-0.39, 0.29) is 17.9 Å². The van der Waals surface area contributed by atoms with Gasteiger partial charge in [0.2, 0.25) is 0 Å². The molecular weight excluding hydrogens is 725 g/mol. The van der Waals surface area contributed by atoms with Gasteiger partial charge in [-0.2, -0.15) is 0 Å². The molecule has 5 heterocycles. The molecule has 2 aromatic rings. The number of nitrogens with one attached hydrogen (secondary N) is 1. The third-order valence-corrected chi connectivity index (χ3v) is 13.5. The summed E-state index contributed by atoms with van der Waals surface area (Å²) in [5.41, 5.74) is 14.3. The van der Waals surface area contributed by atoms with Gasteiger partial charge in [0.25, 0.3) is 0 Å². The normalized spacial score (nSPS) is 24.6. The lowest BCUT2D eigenvalue weighted by Gasteiger charge is -2.39. The van der Waals surface area contributed by atoms with Crippen LogP contribution in [0.5, 0.6) is 11.5 Å². The van der Waals surface area contributed by atoms with Crippen molar-refractivity contribution >= 4 is 12.0 Å². The zero-order valence-corrected chi connectivity index (χ0v) is 34.3. The van der Waals surface area contributed by atoms with Gasteiger partial charge in [-0.3, -0.25) is 15.1 Å². The number of ketones is 1. The van der Waals surface area contributed by atoms with Gasteiger partial charge in [0.15, 0.2) is 17.7 Å². The fraction of sp³-hybridized carbons (Fsp3) is 0.551. The van der Waals surface area contributed by atoms with Gasteiger partial charge in [-0.25, -0.2) is 0 Å². The highest BCUT2D eigenvalue weighted by Crippen LogP contribution is 2.49. The van der Waals surface area contributed by atoms with E-state index in [1.54, 1.807) is 0 Å². The van der Waals surface area contributed by atoms with E-state index in [0.717, 1.165) is 123 Å². The molecule has 306 valence electrons. The number of aliphatic hydroxyl groups is 2. The molecule has 1 aliphatic carbocycles. The molecule has 8 rings (SSSR count). The van der Waals surface area contributed by atoms with Crippen LogP contribution in [0.4, 0.5) is 0 Å². The number of ether oxygens (including phenoxy) is 2. The Bertz CT molecular complexity index is 2090. The highest BCUT2D eigenvalue weighted by Gasteiger charge is 2.48. The van der Waals surface area contributed by atoms with Crippen LogP contribution in [0.2, 0.25) is 0 Å². The monoisotopic (exact) mass is 784 g/mol. The van der Waals surface area contributed by atoms with Crippen LogP contribution in [0, 0.1) is 41.1 Å². The fourth-order valence-corrected chi connectivity index (χ4v) is 10.1. The first kappa shape index (κ1) is 40.4. The zero-order valence-electron chi connectivity index (χ0n) is 34.3. The lowest BCUT2D eigenvalue weighted by atomic mass is 9.73. The van der Waals surface area contributed by atoms with Gasteiger partial charge in [0.1, 0.15) is 18.0 Å². The van der Waals surface area contributed by atoms with Gasteiger partial charge in [0.05, 0.1) is 29.3 Å². The number of unbranched alkanes of at least 4 members (excludes halogenated alkanes) is 4. The average molecular weight is 785 g/mol. The molecule has 0 saturated heterocycles. The lowest BCUT2D eigenvalue weighted by Crippen LogP contribution is -2.47. The summed E-state index contributed by atoms with van der Waals surface area (Å²) < 4.78 is 13.4. The first-order valence-electron chi connectivity index (χ1n) is 22.0. The number of carbonyl (C=O) groups is 1. The first-order chi connectivity index (χ1) is 28.3. The summed E-state index contributed by atoms with van der Waals surface area (Å²) in [6, 6.07) is 9.92. The number of aliphatic imine (C=N–C) groups is 1. The number of aryl methyl sites for hydroxylation is 1. The van der Waals surface area contributed by atoms with E-state index >= 15 is 0 Å². The largest absolute Gasteiger partial charge is 0.465 e. The molecule has 6 atom stereocenters. The molecule has 0 unspecified atom stereocenters. The summed E-state index contributed by atoms with van der Waals surface area (Å²) in [6.45, 7) is 5.70. The van der Waals surface area contributed by atoms with Crippen LogP contribution in [-0.2, 0) is 24.1 Å². The van der Waals surface area contributed by atoms with E-state index in [9.17, 15) is 15.0 Å². The summed E-state index contributed by atoms with van der Waals surface area (Å²) >= 11 is 0. The number of hydrogen-bond acceptors (Lipinski definition) is 9. The van der Waals surface area contributed by atoms with Crippen LogP contribution >= 0.6 is 0 Å². The quantitative estimate of drug-likeness (QED) is 0.122. The Hall–Kier alpha value is -4.38. The Labute approximate surface area is 344 Å². The van der Waals surface area contributed by atoms with Crippen LogP contribution in [0.3, 0.4) is 0 Å². The molecule has 0 aromatic heterocycles. The molecule has 1 spiro atoms. The second-order valence-electron chi connectivity index (χ2n) is 17.3. The second-order valence-corrected chi connectivity index (χ2v) is 17.3. The minimum absolute atomic E-state index is 0.129. The minimum Gasteiger partial charge on any atom is -0.465 e. The van der Waals surface area contributed by atoms with Gasteiger partial charge in [-0.05, 0) is 84.0 Å². The minimum atomic E-state index is -1.02. The van der Waals surface area contributed by atoms with E-state index in [0.29, 0.717) is 43.7 Å². The molecule has 0 amide bonds. The molecule has 2 bridgehead atoms. The number of Topliss-reactive ketones (excluding diaryl/α,β-unsaturated/α-hetero) is 1. The van der Waals surface area contributed by atoms with Crippen molar-refractivity contribution in [1.82, 2.24) is 10.2 Å². The van der Waals surface area contributed by atoms with E-state index in [4.69, 9.17) is 20.2 Å². The predicted octanol–water partition coefficient (Wildman–Crippen LogP) is 7.49. The van der Waals surface area contributed by atoms with Gasteiger partial charge < -0.3 is 30.3 Å². The maximum Gasteiger partial charge on any atom is 0.187 e. The van der Waals surface area contributed by atoms with Crippen LogP contribution in [0.1, 0.15) is 137 Å². The van der Waals surface area contributed by atoms with E-state index < -0.39 is 29.8 Å². The summed E-state index contributed by atoms with van der Waals surface area (Å²) in [5, 5.41) is 26.5. The molecule has 1 fully saturated rings. The van der Waals surface area contributed by atoms with Gasteiger partial charge in [0, 0.05) is 49.8 Å². The number of carbonyl (C=O) groups excluding carboxylic acids is 1. The number of aliphatic hydroxyl groups excluding tert-OH is 2. The van der Waals surface area contributed by atoms with E-state index in [1.165, 1.54) is 5.56 Å². The molecule has 6 aliphatic rings. The highest BCUT2D eigenvalue weighted by atomic mass is 16.5. The Morgan fingerprint density at radius 1 is 1.03 bits per heavy atom. The van der Waals surface area contributed by atoms with Crippen LogP contribution < -0.4 is 20.5 Å². The summed E-state index contributed by atoms with van der Waals surface area (Å²) in [4.78, 5) is 20.9. The molecular formula is C49H60N4O5. The fourth-order valence-electron chi connectivity index (χ4n) is 10.1. The number of allylic oxidation sites excluding steroid dienone is 1. The SMILES string of the molecule is CCCCC[C@@H](O)[C@@H](CCCCC)C(=O)CCc1ccc2c(c1)O[C@@H]1[C@@H](C#C[C@H](O)c3ccc4c(c3CC3=C5CN1C=C5N=C3)CCN[C@H]4N)C1(C#CO2)CCCC1. The highest BCUT2D eigenvalue weighted by molar-refractivity contribution is 5.88. The molecule has 0 radical (unpaired) electrons. The number of fused-ring (bicyclic) bond motifs is 8. The Morgan fingerprint density at radius 2 is 1.83 bits per heavy atom. The number of nitrogens with two attached hydrogens (primary N) is 1. The molecule has 58 heavy (non-hydrogen) atoms. The molecule has 1 saturated carbocycles.